The molecule has 0 aromatic heterocycles. The molecule has 0 unspecified atom stereocenters. The fourth-order valence-corrected chi connectivity index (χ4v) is 5.61. The Morgan fingerprint density at radius 1 is 1.22 bits per heavy atom. The summed E-state index contributed by atoms with van der Waals surface area (Å²) in [6.45, 7) is 4.84. The lowest BCUT2D eigenvalue weighted by Crippen LogP contribution is -2.49. The van der Waals surface area contributed by atoms with Gasteiger partial charge in [0.25, 0.3) is 0 Å². The van der Waals surface area contributed by atoms with Gasteiger partial charge in [-0.3, -0.25) is 4.79 Å². The lowest BCUT2D eigenvalue weighted by Gasteiger charge is -2.44. The molecule has 1 aromatic rings. The molecule has 1 fully saturated rings. The van der Waals surface area contributed by atoms with Crippen LogP contribution in [0, 0.1) is 5.92 Å². The van der Waals surface area contributed by atoms with Crippen LogP contribution in [0.3, 0.4) is 0 Å². The highest BCUT2D eigenvalue weighted by Crippen LogP contribution is 2.45. The van der Waals surface area contributed by atoms with E-state index in [0.717, 1.165) is 11.3 Å². The van der Waals surface area contributed by atoms with Crippen molar-refractivity contribution in [3.63, 3.8) is 0 Å². The number of rotatable bonds is 3. The second kappa shape index (κ2) is 5.91. The van der Waals surface area contributed by atoms with E-state index in [1.807, 2.05) is 32.0 Å². The number of para-hydroxylation sites is 1. The van der Waals surface area contributed by atoms with Crippen molar-refractivity contribution in [1.29, 1.82) is 0 Å². The maximum atomic E-state index is 12.4. The predicted octanol–water partition coefficient (Wildman–Crippen LogP) is 2.35. The normalized spacial score (nSPS) is 21.3. The third-order valence-corrected chi connectivity index (χ3v) is 7.13. The van der Waals surface area contributed by atoms with Gasteiger partial charge in [0.1, 0.15) is 0 Å². The van der Waals surface area contributed by atoms with Crippen LogP contribution in [0.15, 0.2) is 24.3 Å². The van der Waals surface area contributed by atoms with Crippen molar-refractivity contribution < 1.29 is 13.2 Å². The molecular weight excluding hydrogens is 312 g/mol. The molecule has 0 aliphatic carbocycles. The first-order valence-corrected chi connectivity index (χ1v) is 9.80. The number of sulfonamides is 1. The molecule has 0 bridgehead atoms. The third kappa shape index (κ3) is 3.15. The molecule has 5 nitrogen and oxygen atoms in total. The van der Waals surface area contributed by atoms with Crippen LogP contribution in [-0.4, -0.2) is 37.5 Å². The van der Waals surface area contributed by atoms with Crippen molar-refractivity contribution in [1.82, 2.24) is 4.31 Å². The molecule has 0 atom stereocenters. The number of hydrogen-bond donors (Lipinski definition) is 1. The number of amides is 1. The molecule has 1 amide bonds. The van der Waals surface area contributed by atoms with Gasteiger partial charge in [-0.2, -0.15) is 0 Å². The van der Waals surface area contributed by atoms with Crippen LogP contribution >= 0.6 is 0 Å². The van der Waals surface area contributed by atoms with Crippen LogP contribution in [0.2, 0.25) is 0 Å². The SMILES string of the molecule is CC(C)CS(=O)(=O)N1CCC2(CC1)CC(=O)Nc1ccccc12. The summed E-state index contributed by atoms with van der Waals surface area (Å²) in [6, 6.07) is 7.89. The maximum absolute atomic E-state index is 12.4. The number of piperidine rings is 1. The van der Waals surface area contributed by atoms with Crippen molar-refractivity contribution in [2.75, 3.05) is 24.2 Å². The highest BCUT2D eigenvalue weighted by atomic mass is 32.2. The van der Waals surface area contributed by atoms with Crippen molar-refractivity contribution in [3.05, 3.63) is 29.8 Å². The fraction of sp³-hybridized carbons (Fsp3) is 0.588. The Bertz CT molecular complexity index is 704. The van der Waals surface area contributed by atoms with Crippen LogP contribution in [0.1, 0.15) is 38.7 Å². The summed E-state index contributed by atoms with van der Waals surface area (Å²) in [7, 11) is -3.20. The van der Waals surface area contributed by atoms with Gasteiger partial charge in [-0.05, 0) is 30.4 Å². The first kappa shape index (κ1) is 16.5. The zero-order valence-electron chi connectivity index (χ0n) is 13.7. The van der Waals surface area contributed by atoms with Crippen molar-refractivity contribution >= 4 is 21.6 Å². The summed E-state index contributed by atoms with van der Waals surface area (Å²) < 4.78 is 26.5. The number of carbonyl (C=O) groups excluding carboxylic acids is 1. The fourth-order valence-electron chi connectivity index (χ4n) is 3.82. The third-order valence-electron chi connectivity index (χ3n) is 4.89. The second-order valence-corrected chi connectivity index (χ2v) is 9.14. The molecular formula is C17H24N2O3S. The summed E-state index contributed by atoms with van der Waals surface area (Å²) in [5.74, 6) is 0.344. The molecule has 2 aliphatic rings. The summed E-state index contributed by atoms with van der Waals surface area (Å²) in [4.78, 5) is 12.1. The molecule has 1 N–H and O–H groups in total. The molecule has 23 heavy (non-hydrogen) atoms. The molecule has 6 heteroatoms. The molecule has 1 spiro atoms. The lowest BCUT2D eigenvalue weighted by molar-refractivity contribution is -0.118. The minimum atomic E-state index is -3.20. The van der Waals surface area contributed by atoms with E-state index in [1.165, 1.54) is 0 Å². The van der Waals surface area contributed by atoms with Gasteiger partial charge in [0.15, 0.2) is 0 Å². The standard InChI is InChI=1S/C17H24N2O3S/c1-13(2)12-23(21,22)19-9-7-17(8-10-19)11-16(20)18-15-6-4-3-5-14(15)17/h3-6,13H,7-12H2,1-2H3,(H,18,20). The summed E-state index contributed by atoms with van der Waals surface area (Å²) >= 11 is 0. The van der Waals surface area contributed by atoms with Crippen LogP contribution in [0.5, 0.6) is 0 Å². The quantitative estimate of drug-likeness (QED) is 0.921. The number of hydrogen-bond acceptors (Lipinski definition) is 3. The van der Waals surface area contributed by atoms with E-state index in [9.17, 15) is 13.2 Å². The van der Waals surface area contributed by atoms with E-state index in [0.29, 0.717) is 32.4 Å². The van der Waals surface area contributed by atoms with Crippen LogP contribution in [-0.2, 0) is 20.2 Å². The summed E-state index contributed by atoms with van der Waals surface area (Å²) in [6.07, 6.45) is 1.85. The molecule has 2 heterocycles. The average Bonchev–Trinajstić information content (AvgIpc) is 2.46. The van der Waals surface area contributed by atoms with Gasteiger partial charge in [-0.15, -0.1) is 0 Å². The van der Waals surface area contributed by atoms with E-state index in [4.69, 9.17) is 0 Å². The highest BCUT2D eigenvalue weighted by Gasteiger charge is 2.44. The van der Waals surface area contributed by atoms with Crippen LogP contribution < -0.4 is 5.32 Å². The Labute approximate surface area is 138 Å². The Morgan fingerprint density at radius 2 is 1.87 bits per heavy atom. The number of fused-ring (bicyclic) bond motifs is 2. The summed E-state index contributed by atoms with van der Waals surface area (Å²) in [5.41, 5.74) is 1.81. The number of benzene rings is 1. The van der Waals surface area contributed by atoms with Crippen LogP contribution in [0.4, 0.5) is 5.69 Å². The number of nitrogens with zero attached hydrogens (tertiary/aromatic N) is 1. The van der Waals surface area contributed by atoms with E-state index < -0.39 is 10.0 Å². The molecule has 2 aliphatic heterocycles. The zero-order chi connectivity index (χ0) is 16.7. The minimum absolute atomic E-state index is 0.0298. The lowest BCUT2D eigenvalue weighted by atomic mass is 9.68. The van der Waals surface area contributed by atoms with Crippen molar-refractivity contribution in [2.45, 2.75) is 38.5 Å². The Balaban J connectivity index is 1.82. The van der Waals surface area contributed by atoms with Gasteiger partial charge in [-0.25, -0.2) is 12.7 Å². The topological polar surface area (TPSA) is 66.5 Å². The molecule has 3 rings (SSSR count). The van der Waals surface area contributed by atoms with Gasteiger partial charge in [0.05, 0.1) is 5.75 Å². The number of anilines is 1. The van der Waals surface area contributed by atoms with E-state index in [1.54, 1.807) is 4.31 Å². The molecule has 126 valence electrons. The van der Waals surface area contributed by atoms with Crippen molar-refractivity contribution in [2.24, 2.45) is 5.92 Å². The van der Waals surface area contributed by atoms with E-state index >= 15 is 0 Å². The first-order chi connectivity index (χ1) is 10.8. The number of nitrogens with one attached hydrogen (secondary N) is 1. The van der Waals surface area contributed by atoms with Gasteiger partial charge in [0.2, 0.25) is 15.9 Å². The monoisotopic (exact) mass is 336 g/mol. The van der Waals surface area contributed by atoms with Gasteiger partial charge in [0, 0.05) is 30.6 Å². The molecule has 0 radical (unpaired) electrons. The molecule has 0 saturated carbocycles. The average molecular weight is 336 g/mol. The Hall–Kier alpha value is -1.40. The largest absolute Gasteiger partial charge is 0.326 e. The zero-order valence-corrected chi connectivity index (χ0v) is 14.5. The van der Waals surface area contributed by atoms with Crippen molar-refractivity contribution in [3.8, 4) is 0 Å². The first-order valence-electron chi connectivity index (χ1n) is 8.20. The van der Waals surface area contributed by atoms with Gasteiger partial charge in [-0.1, -0.05) is 32.0 Å². The molecule has 1 saturated heterocycles. The minimum Gasteiger partial charge on any atom is -0.326 e. The maximum Gasteiger partial charge on any atom is 0.225 e. The molecule has 1 aromatic carbocycles. The second-order valence-electron chi connectivity index (χ2n) is 7.12. The smallest absolute Gasteiger partial charge is 0.225 e. The van der Waals surface area contributed by atoms with Gasteiger partial charge < -0.3 is 5.32 Å². The Morgan fingerprint density at radius 3 is 2.52 bits per heavy atom. The highest BCUT2D eigenvalue weighted by molar-refractivity contribution is 7.89. The predicted molar refractivity (Wildman–Crippen MR) is 90.8 cm³/mol. The van der Waals surface area contributed by atoms with Crippen LogP contribution in [0.25, 0.3) is 0 Å². The van der Waals surface area contributed by atoms with E-state index in [-0.39, 0.29) is 23.0 Å². The van der Waals surface area contributed by atoms with Gasteiger partial charge >= 0.3 is 0 Å². The number of carbonyl (C=O) groups is 1. The van der Waals surface area contributed by atoms with E-state index in [2.05, 4.69) is 11.4 Å². The summed E-state index contributed by atoms with van der Waals surface area (Å²) in [5, 5.41) is 2.93. The Kier molecular flexibility index (Phi) is 4.23.